The molecule has 0 fully saturated rings. The molecule has 3 nitrogen and oxygen atoms in total. The molecule has 0 bridgehead atoms. The number of hydrogen-bond acceptors (Lipinski definition) is 3. The van der Waals surface area contributed by atoms with Gasteiger partial charge in [-0.15, -0.1) is 0 Å². The SMILES string of the molecule is COc1cccc2cncc(O)c12. The zero-order valence-electron chi connectivity index (χ0n) is 7.19. The minimum Gasteiger partial charge on any atom is -0.506 e. The zero-order valence-corrected chi connectivity index (χ0v) is 7.19. The van der Waals surface area contributed by atoms with Crippen LogP contribution in [0.15, 0.2) is 30.6 Å². The van der Waals surface area contributed by atoms with E-state index in [1.807, 2.05) is 18.2 Å². The van der Waals surface area contributed by atoms with Crippen molar-refractivity contribution in [2.24, 2.45) is 0 Å². The Labute approximate surface area is 75.6 Å². The van der Waals surface area contributed by atoms with Crippen molar-refractivity contribution >= 4 is 10.8 Å². The van der Waals surface area contributed by atoms with Crippen molar-refractivity contribution in [2.45, 2.75) is 0 Å². The highest BCUT2D eigenvalue weighted by atomic mass is 16.5. The maximum absolute atomic E-state index is 9.54. The van der Waals surface area contributed by atoms with Crippen LogP contribution in [0.2, 0.25) is 0 Å². The fraction of sp³-hybridized carbons (Fsp3) is 0.100. The molecule has 1 N–H and O–H groups in total. The molecular weight excluding hydrogens is 166 g/mol. The average Bonchev–Trinajstić information content (AvgIpc) is 2.17. The molecule has 13 heavy (non-hydrogen) atoms. The highest BCUT2D eigenvalue weighted by Gasteiger charge is 2.04. The number of pyridine rings is 1. The summed E-state index contributed by atoms with van der Waals surface area (Å²) in [6, 6.07) is 5.55. The fourth-order valence-corrected chi connectivity index (χ4v) is 1.35. The van der Waals surface area contributed by atoms with Crippen molar-refractivity contribution in [3.63, 3.8) is 0 Å². The second-order valence-electron chi connectivity index (χ2n) is 2.72. The highest BCUT2D eigenvalue weighted by molar-refractivity contribution is 5.92. The number of hydrogen-bond donors (Lipinski definition) is 1. The molecule has 0 radical (unpaired) electrons. The van der Waals surface area contributed by atoms with Crippen LogP contribution in [0.3, 0.4) is 0 Å². The van der Waals surface area contributed by atoms with Gasteiger partial charge in [-0.05, 0) is 6.07 Å². The number of aromatic hydroxyl groups is 1. The van der Waals surface area contributed by atoms with Gasteiger partial charge in [0.1, 0.15) is 11.5 Å². The lowest BCUT2D eigenvalue weighted by atomic mass is 10.1. The van der Waals surface area contributed by atoms with Crippen LogP contribution in [0.4, 0.5) is 0 Å². The molecule has 0 aliphatic heterocycles. The molecule has 0 unspecified atom stereocenters. The highest BCUT2D eigenvalue weighted by Crippen LogP contribution is 2.31. The molecule has 1 aromatic carbocycles. The first-order chi connectivity index (χ1) is 6.33. The van der Waals surface area contributed by atoms with E-state index in [0.29, 0.717) is 11.1 Å². The first-order valence-corrected chi connectivity index (χ1v) is 3.92. The maximum Gasteiger partial charge on any atom is 0.145 e. The number of benzene rings is 1. The van der Waals surface area contributed by atoms with Crippen LogP contribution in [0.5, 0.6) is 11.5 Å². The van der Waals surface area contributed by atoms with Gasteiger partial charge in [0.05, 0.1) is 18.7 Å². The Bertz CT molecular complexity index is 435. The standard InChI is InChI=1S/C10H9NO2/c1-13-9-4-2-3-7-5-11-6-8(12)10(7)9/h2-6,12H,1H3. The Morgan fingerprint density at radius 3 is 2.92 bits per heavy atom. The van der Waals surface area contributed by atoms with Gasteiger partial charge >= 0.3 is 0 Å². The zero-order chi connectivity index (χ0) is 9.26. The van der Waals surface area contributed by atoms with E-state index in [1.54, 1.807) is 13.3 Å². The number of nitrogens with zero attached hydrogens (tertiary/aromatic N) is 1. The van der Waals surface area contributed by atoms with Crippen LogP contribution in [0.25, 0.3) is 10.8 Å². The quantitative estimate of drug-likeness (QED) is 0.720. The van der Waals surface area contributed by atoms with E-state index < -0.39 is 0 Å². The summed E-state index contributed by atoms with van der Waals surface area (Å²) in [6.07, 6.45) is 3.10. The van der Waals surface area contributed by atoms with Crippen LogP contribution in [0, 0.1) is 0 Å². The third kappa shape index (κ3) is 1.18. The molecule has 1 aromatic heterocycles. The summed E-state index contributed by atoms with van der Waals surface area (Å²) in [5.41, 5.74) is 0. The van der Waals surface area contributed by atoms with E-state index in [1.165, 1.54) is 6.20 Å². The second kappa shape index (κ2) is 2.94. The smallest absolute Gasteiger partial charge is 0.145 e. The minimum absolute atomic E-state index is 0.148. The number of ether oxygens (including phenoxy) is 1. The first-order valence-electron chi connectivity index (χ1n) is 3.92. The summed E-state index contributed by atoms with van der Waals surface area (Å²) >= 11 is 0. The third-order valence-corrected chi connectivity index (χ3v) is 1.94. The van der Waals surface area contributed by atoms with Gasteiger partial charge in [-0.1, -0.05) is 12.1 Å². The molecule has 66 valence electrons. The van der Waals surface area contributed by atoms with Gasteiger partial charge < -0.3 is 9.84 Å². The Balaban J connectivity index is 2.87. The van der Waals surface area contributed by atoms with Crippen LogP contribution >= 0.6 is 0 Å². The van der Waals surface area contributed by atoms with E-state index in [9.17, 15) is 5.11 Å². The van der Waals surface area contributed by atoms with E-state index in [4.69, 9.17) is 4.74 Å². The van der Waals surface area contributed by atoms with Gasteiger partial charge in [-0.3, -0.25) is 4.98 Å². The van der Waals surface area contributed by atoms with Gasteiger partial charge in [0.25, 0.3) is 0 Å². The van der Waals surface area contributed by atoms with Crippen molar-refractivity contribution in [2.75, 3.05) is 7.11 Å². The summed E-state index contributed by atoms with van der Waals surface area (Å²) in [7, 11) is 1.58. The molecule has 3 heteroatoms. The molecule has 2 rings (SSSR count). The molecule has 0 aliphatic carbocycles. The summed E-state index contributed by atoms with van der Waals surface area (Å²) < 4.78 is 5.12. The van der Waals surface area contributed by atoms with Crippen molar-refractivity contribution in [1.82, 2.24) is 4.98 Å². The average molecular weight is 175 g/mol. The number of aromatic nitrogens is 1. The molecule has 0 spiro atoms. The lowest BCUT2D eigenvalue weighted by Crippen LogP contribution is -1.85. The Morgan fingerprint density at radius 1 is 1.31 bits per heavy atom. The summed E-state index contributed by atoms with van der Waals surface area (Å²) in [4.78, 5) is 3.88. The maximum atomic E-state index is 9.54. The lowest BCUT2D eigenvalue weighted by Gasteiger charge is -2.05. The van der Waals surface area contributed by atoms with Crippen molar-refractivity contribution in [3.05, 3.63) is 30.6 Å². The Hall–Kier alpha value is -1.77. The largest absolute Gasteiger partial charge is 0.506 e. The van der Waals surface area contributed by atoms with Crippen LogP contribution in [-0.2, 0) is 0 Å². The van der Waals surface area contributed by atoms with Gasteiger partial charge in [-0.25, -0.2) is 0 Å². The molecular formula is C10H9NO2. The summed E-state index contributed by atoms with van der Waals surface area (Å²) in [5.74, 6) is 0.812. The molecule has 2 aromatic rings. The Morgan fingerprint density at radius 2 is 2.15 bits per heavy atom. The predicted molar refractivity (Wildman–Crippen MR) is 50.0 cm³/mol. The monoisotopic (exact) mass is 175 g/mol. The second-order valence-corrected chi connectivity index (χ2v) is 2.72. The van der Waals surface area contributed by atoms with Crippen LogP contribution < -0.4 is 4.74 Å². The Kier molecular flexibility index (Phi) is 1.77. The predicted octanol–water partition coefficient (Wildman–Crippen LogP) is 1.95. The van der Waals surface area contributed by atoms with E-state index >= 15 is 0 Å². The lowest BCUT2D eigenvalue weighted by molar-refractivity contribution is 0.416. The summed E-state index contributed by atoms with van der Waals surface area (Å²) in [6.45, 7) is 0. The molecule has 0 amide bonds. The topological polar surface area (TPSA) is 42.4 Å². The molecule has 0 saturated heterocycles. The van der Waals surface area contributed by atoms with Gasteiger partial charge in [0.15, 0.2) is 0 Å². The fourth-order valence-electron chi connectivity index (χ4n) is 1.35. The van der Waals surface area contributed by atoms with E-state index in [-0.39, 0.29) is 5.75 Å². The van der Waals surface area contributed by atoms with Crippen LogP contribution in [-0.4, -0.2) is 17.2 Å². The van der Waals surface area contributed by atoms with Crippen LogP contribution in [0.1, 0.15) is 0 Å². The third-order valence-electron chi connectivity index (χ3n) is 1.94. The molecule has 0 atom stereocenters. The minimum atomic E-state index is 0.148. The van der Waals surface area contributed by atoms with Crippen molar-refractivity contribution < 1.29 is 9.84 Å². The van der Waals surface area contributed by atoms with Gasteiger partial charge in [0, 0.05) is 11.6 Å². The van der Waals surface area contributed by atoms with Crippen molar-refractivity contribution in [3.8, 4) is 11.5 Å². The van der Waals surface area contributed by atoms with Gasteiger partial charge in [-0.2, -0.15) is 0 Å². The normalized spacial score (nSPS) is 10.2. The van der Waals surface area contributed by atoms with Crippen molar-refractivity contribution in [1.29, 1.82) is 0 Å². The summed E-state index contributed by atoms with van der Waals surface area (Å²) in [5, 5.41) is 11.1. The molecule has 0 saturated carbocycles. The van der Waals surface area contributed by atoms with E-state index in [2.05, 4.69) is 4.98 Å². The molecule has 1 heterocycles. The number of rotatable bonds is 1. The van der Waals surface area contributed by atoms with E-state index in [0.717, 1.165) is 5.39 Å². The number of methoxy groups -OCH3 is 1. The number of fused-ring (bicyclic) bond motifs is 1. The molecule has 0 aliphatic rings. The first kappa shape index (κ1) is 7.86. The van der Waals surface area contributed by atoms with Gasteiger partial charge in [0.2, 0.25) is 0 Å².